The minimum Gasteiger partial charge on any atom is -0.507 e. The molecular formula is C31H25FN2O4. The van der Waals surface area contributed by atoms with Gasteiger partial charge < -0.3 is 14.7 Å². The first-order valence-electron chi connectivity index (χ1n) is 12.1. The van der Waals surface area contributed by atoms with Gasteiger partial charge in [0.2, 0.25) is 0 Å². The van der Waals surface area contributed by atoms with Crippen molar-refractivity contribution in [2.75, 3.05) is 0 Å². The first-order valence-corrected chi connectivity index (χ1v) is 12.1. The van der Waals surface area contributed by atoms with Crippen LogP contribution in [0.3, 0.4) is 0 Å². The number of amides is 1. The monoisotopic (exact) mass is 508 g/mol. The van der Waals surface area contributed by atoms with Gasteiger partial charge in [0.25, 0.3) is 11.7 Å². The molecule has 38 heavy (non-hydrogen) atoms. The molecule has 1 amide bonds. The number of nitrogens with zero attached hydrogens (tertiary/aromatic N) is 2. The molecule has 6 nitrogen and oxygen atoms in total. The normalized spacial score (nSPS) is 16.6. The van der Waals surface area contributed by atoms with Crippen molar-refractivity contribution in [3.63, 3.8) is 0 Å². The summed E-state index contributed by atoms with van der Waals surface area (Å²) in [5, 5.41) is 11.4. The minimum absolute atomic E-state index is 0.0133. The number of ketones is 1. The highest BCUT2D eigenvalue weighted by atomic mass is 19.1. The molecule has 4 aromatic rings. The van der Waals surface area contributed by atoms with Gasteiger partial charge >= 0.3 is 0 Å². The van der Waals surface area contributed by atoms with E-state index in [0.29, 0.717) is 29.0 Å². The molecule has 190 valence electrons. The van der Waals surface area contributed by atoms with E-state index in [2.05, 4.69) is 4.98 Å². The molecule has 1 unspecified atom stereocenters. The van der Waals surface area contributed by atoms with Crippen LogP contribution in [0, 0.1) is 12.7 Å². The molecule has 0 radical (unpaired) electrons. The number of rotatable bonds is 7. The highest BCUT2D eigenvalue weighted by Crippen LogP contribution is 2.40. The molecule has 0 saturated carbocycles. The Balaban J connectivity index is 1.50. The number of hydrogen-bond donors (Lipinski definition) is 1. The Morgan fingerprint density at radius 2 is 1.66 bits per heavy atom. The van der Waals surface area contributed by atoms with E-state index in [-0.39, 0.29) is 17.9 Å². The zero-order valence-electron chi connectivity index (χ0n) is 20.7. The predicted molar refractivity (Wildman–Crippen MR) is 140 cm³/mol. The van der Waals surface area contributed by atoms with Gasteiger partial charge in [-0.25, -0.2) is 4.39 Å². The maximum absolute atomic E-state index is 13.4. The molecule has 0 aliphatic carbocycles. The summed E-state index contributed by atoms with van der Waals surface area (Å²) in [6, 6.07) is 23.2. The van der Waals surface area contributed by atoms with Crippen LogP contribution in [0.4, 0.5) is 4.39 Å². The van der Waals surface area contributed by atoms with Gasteiger partial charge in [-0.3, -0.25) is 14.6 Å². The number of halogens is 1. The van der Waals surface area contributed by atoms with E-state index >= 15 is 0 Å². The van der Waals surface area contributed by atoms with E-state index in [4.69, 9.17) is 4.74 Å². The van der Waals surface area contributed by atoms with Crippen LogP contribution >= 0.6 is 0 Å². The van der Waals surface area contributed by atoms with E-state index in [1.165, 1.54) is 17.0 Å². The van der Waals surface area contributed by atoms with Crippen molar-refractivity contribution in [2.24, 2.45) is 0 Å². The zero-order valence-corrected chi connectivity index (χ0v) is 20.7. The number of aryl methyl sites for hydroxylation is 1. The van der Waals surface area contributed by atoms with Gasteiger partial charge in [-0.05, 0) is 71.6 Å². The lowest BCUT2D eigenvalue weighted by Crippen LogP contribution is -2.29. The number of carbonyl (C=O) groups is 2. The second kappa shape index (κ2) is 10.7. The highest BCUT2D eigenvalue weighted by molar-refractivity contribution is 6.46. The summed E-state index contributed by atoms with van der Waals surface area (Å²) >= 11 is 0. The fourth-order valence-electron chi connectivity index (χ4n) is 4.57. The number of aliphatic hydroxyl groups is 1. The van der Waals surface area contributed by atoms with E-state index in [1.807, 2.05) is 37.3 Å². The largest absolute Gasteiger partial charge is 0.507 e. The van der Waals surface area contributed by atoms with E-state index in [1.54, 1.807) is 54.9 Å². The molecule has 7 heteroatoms. The van der Waals surface area contributed by atoms with Crippen LogP contribution in [0.1, 0.15) is 33.9 Å². The Kier molecular flexibility index (Phi) is 7.00. The van der Waals surface area contributed by atoms with E-state index in [0.717, 1.165) is 11.1 Å². The average molecular weight is 509 g/mol. The summed E-state index contributed by atoms with van der Waals surface area (Å²) in [7, 11) is 0. The molecule has 1 aliphatic rings. The zero-order chi connectivity index (χ0) is 26.6. The molecule has 3 aromatic carbocycles. The standard InChI is InChI=1S/C31H25FN2O4/c1-20-17-24(9-12-26(20)38-19-22-5-3-2-4-6-22)29(35)27-28(23-13-15-33-16-14-23)34(31(37)30(27)36)18-21-7-10-25(32)11-8-21/h2-17,28,35H,18-19H2,1H3/b29-27-. The first kappa shape index (κ1) is 24.9. The van der Waals surface area contributed by atoms with Crippen molar-refractivity contribution >= 4 is 17.4 Å². The van der Waals surface area contributed by atoms with Gasteiger partial charge in [-0.1, -0.05) is 42.5 Å². The maximum atomic E-state index is 13.4. The van der Waals surface area contributed by atoms with Crippen LogP contribution in [-0.2, 0) is 22.7 Å². The summed E-state index contributed by atoms with van der Waals surface area (Å²) in [6.45, 7) is 2.31. The van der Waals surface area contributed by atoms with Gasteiger partial charge in [0.05, 0.1) is 11.6 Å². The van der Waals surface area contributed by atoms with Crippen LogP contribution in [0.25, 0.3) is 5.76 Å². The van der Waals surface area contributed by atoms with Gasteiger partial charge in [-0.15, -0.1) is 0 Å². The maximum Gasteiger partial charge on any atom is 0.295 e. The summed E-state index contributed by atoms with van der Waals surface area (Å²) in [6.07, 6.45) is 3.13. The number of aromatic nitrogens is 1. The third-order valence-electron chi connectivity index (χ3n) is 6.51. The lowest BCUT2D eigenvalue weighted by molar-refractivity contribution is -0.140. The quantitative estimate of drug-likeness (QED) is 0.196. The Labute approximate surface area is 219 Å². The summed E-state index contributed by atoms with van der Waals surface area (Å²) in [5.74, 6) is -1.55. The molecule has 1 atom stereocenters. The molecule has 1 aromatic heterocycles. The predicted octanol–water partition coefficient (Wildman–Crippen LogP) is 5.73. The third kappa shape index (κ3) is 5.04. The lowest BCUT2D eigenvalue weighted by atomic mass is 9.95. The van der Waals surface area contributed by atoms with Crippen molar-refractivity contribution in [2.45, 2.75) is 26.1 Å². The van der Waals surface area contributed by atoms with Crippen molar-refractivity contribution in [3.05, 3.63) is 137 Å². The fourth-order valence-corrected chi connectivity index (χ4v) is 4.57. The Hall–Kier alpha value is -4.78. The smallest absolute Gasteiger partial charge is 0.295 e. The molecule has 0 spiro atoms. The SMILES string of the molecule is Cc1cc(/C(O)=C2/C(=O)C(=O)N(Cc3ccc(F)cc3)C2c2ccncc2)ccc1OCc1ccccc1. The number of Topliss-reactive ketones (excluding diaryl/α,β-unsaturated/α-hetero) is 1. The highest BCUT2D eigenvalue weighted by Gasteiger charge is 2.46. The molecule has 1 aliphatic heterocycles. The van der Waals surface area contributed by atoms with Gasteiger partial charge in [0, 0.05) is 24.5 Å². The molecule has 2 heterocycles. The molecule has 0 bridgehead atoms. The van der Waals surface area contributed by atoms with Crippen molar-refractivity contribution in [1.82, 2.24) is 9.88 Å². The summed E-state index contributed by atoms with van der Waals surface area (Å²) < 4.78 is 19.4. The molecule has 1 N–H and O–H groups in total. The number of ether oxygens (including phenoxy) is 1. The molecule has 1 saturated heterocycles. The van der Waals surface area contributed by atoms with Crippen LogP contribution in [0.2, 0.25) is 0 Å². The second-order valence-corrected chi connectivity index (χ2v) is 9.09. The Morgan fingerprint density at radius 3 is 2.34 bits per heavy atom. The number of pyridine rings is 1. The Morgan fingerprint density at radius 1 is 0.947 bits per heavy atom. The van der Waals surface area contributed by atoms with Gasteiger partial charge in [0.1, 0.15) is 23.9 Å². The summed E-state index contributed by atoms with van der Waals surface area (Å²) in [4.78, 5) is 31.9. The lowest BCUT2D eigenvalue weighted by Gasteiger charge is -2.25. The van der Waals surface area contributed by atoms with Crippen molar-refractivity contribution < 1.29 is 23.8 Å². The van der Waals surface area contributed by atoms with Crippen LogP contribution in [0.15, 0.2) is 103 Å². The number of likely N-dealkylation sites (tertiary alicyclic amines) is 1. The van der Waals surface area contributed by atoms with Crippen LogP contribution in [-0.4, -0.2) is 26.7 Å². The molecular weight excluding hydrogens is 483 g/mol. The molecule has 1 fully saturated rings. The number of aliphatic hydroxyl groups excluding tert-OH is 1. The minimum atomic E-state index is -0.836. The second-order valence-electron chi connectivity index (χ2n) is 9.09. The first-order chi connectivity index (χ1) is 18.4. The van der Waals surface area contributed by atoms with E-state index in [9.17, 15) is 19.1 Å². The molecule has 5 rings (SSSR count). The number of benzene rings is 3. The van der Waals surface area contributed by atoms with Crippen LogP contribution < -0.4 is 4.74 Å². The van der Waals surface area contributed by atoms with E-state index < -0.39 is 23.5 Å². The average Bonchev–Trinajstić information content (AvgIpc) is 3.19. The van der Waals surface area contributed by atoms with Gasteiger partial charge in [0.15, 0.2) is 0 Å². The van der Waals surface area contributed by atoms with Crippen molar-refractivity contribution in [3.8, 4) is 5.75 Å². The summed E-state index contributed by atoms with van der Waals surface area (Å²) in [5.41, 5.74) is 3.46. The fraction of sp³-hybridized carbons (Fsp3) is 0.129. The Bertz CT molecular complexity index is 1500. The van der Waals surface area contributed by atoms with Gasteiger partial charge in [-0.2, -0.15) is 0 Å². The number of hydrogen-bond acceptors (Lipinski definition) is 5. The topological polar surface area (TPSA) is 79.7 Å². The van der Waals surface area contributed by atoms with Crippen molar-refractivity contribution in [1.29, 1.82) is 0 Å². The van der Waals surface area contributed by atoms with Crippen LogP contribution in [0.5, 0.6) is 5.75 Å². The number of carbonyl (C=O) groups excluding carboxylic acids is 2. The third-order valence-corrected chi connectivity index (χ3v) is 6.51.